The minimum atomic E-state index is -4.35. The predicted octanol–water partition coefficient (Wildman–Crippen LogP) is 3.18. The van der Waals surface area contributed by atoms with Gasteiger partial charge in [-0.15, -0.1) is 6.58 Å². The first-order valence-electron chi connectivity index (χ1n) is 5.94. The van der Waals surface area contributed by atoms with Crippen LogP contribution in [0.1, 0.15) is 24.4 Å². The molecule has 6 heteroatoms. The number of hydrogen-bond donors (Lipinski definition) is 1. The molecule has 20 heavy (non-hydrogen) atoms. The summed E-state index contributed by atoms with van der Waals surface area (Å²) in [6.45, 7) is 3.58. The van der Waals surface area contributed by atoms with E-state index in [2.05, 4.69) is 11.6 Å². The highest BCUT2D eigenvalue weighted by atomic mass is 19.4. The van der Waals surface area contributed by atoms with Crippen LogP contribution in [0, 0.1) is 0 Å². The molecule has 2 N–H and O–H groups in total. The predicted molar refractivity (Wildman–Crippen MR) is 71.3 cm³/mol. The minimum Gasteiger partial charge on any atom is -0.365 e. The minimum absolute atomic E-state index is 0.281. The fraction of sp³-hybridized carbons (Fsp3) is 0.286. The summed E-state index contributed by atoms with van der Waals surface area (Å²) in [5.74, 6) is -0.947. The van der Waals surface area contributed by atoms with Crippen LogP contribution in [0.15, 0.2) is 48.0 Å². The largest absolute Gasteiger partial charge is 0.389 e. The number of halogens is 3. The molecule has 0 bridgehead atoms. The zero-order chi connectivity index (χ0) is 15.2. The SMILES string of the molecule is C=C[C@@H](N=C(CCC(F)(F)F)C(N)=O)c1ccccc1. The van der Waals surface area contributed by atoms with Gasteiger partial charge in [0.15, 0.2) is 0 Å². The molecular formula is C14H15F3N2O. The molecule has 0 aliphatic heterocycles. The molecule has 0 unspecified atom stereocenters. The number of aliphatic imine (C=N–C) groups is 1. The summed E-state index contributed by atoms with van der Waals surface area (Å²) < 4.78 is 36.6. The van der Waals surface area contributed by atoms with Crippen LogP contribution in [-0.2, 0) is 4.79 Å². The summed E-state index contributed by atoms with van der Waals surface area (Å²) in [4.78, 5) is 15.2. The van der Waals surface area contributed by atoms with Crippen molar-refractivity contribution in [3.63, 3.8) is 0 Å². The Labute approximate surface area is 115 Å². The molecule has 1 aromatic carbocycles. The molecule has 0 saturated carbocycles. The van der Waals surface area contributed by atoms with E-state index in [-0.39, 0.29) is 5.71 Å². The second-order valence-corrected chi connectivity index (χ2v) is 4.15. The van der Waals surface area contributed by atoms with E-state index in [0.717, 1.165) is 5.56 Å². The van der Waals surface area contributed by atoms with E-state index in [4.69, 9.17) is 5.73 Å². The van der Waals surface area contributed by atoms with Crippen LogP contribution in [0.5, 0.6) is 0 Å². The summed E-state index contributed by atoms with van der Waals surface area (Å²) in [7, 11) is 0. The van der Waals surface area contributed by atoms with E-state index in [1.165, 1.54) is 6.08 Å². The lowest BCUT2D eigenvalue weighted by Gasteiger charge is -2.11. The number of primary amides is 1. The van der Waals surface area contributed by atoms with Crippen LogP contribution >= 0.6 is 0 Å². The first-order chi connectivity index (χ1) is 9.33. The van der Waals surface area contributed by atoms with Gasteiger partial charge in [0.2, 0.25) is 0 Å². The molecule has 0 aliphatic carbocycles. The molecule has 0 radical (unpaired) electrons. The van der Waals surface area contributed by atoms with Crippen molar-refractivity contribution in [3.05, 3.63) is 48.6 Å². The first-order valence-corrected chi connectivity index (χ1v) is 5.94. The van der Waals surface area contributed by atoms with Gasteiger partial charge in [-0.25, -0.2) is 0 Å². The van der Waals surface area contributed by atoms with Crippen LogP contribution < -0.4 is 5.73 Å². The standard InChI is InChI=1S/C14H15F3N2O/c1-2-11(10-6-4-3-5-7-10)19-12(13(18)20)8-9-14(15,16)17/h2-7,11H,1,8-9H2,(H2,18,20)/t11-/m1/s1. The van der Waals surface area contributed by atoms with Gasteiger partial charge < -0.3 is 5.73 Å². The van der Waals surface area contributed by atoms with E-state index >= 15 is 0 Å². The zero-order valence-electron chi connectivity index (χ0n) is 10.7. The lowest BCUT2D eigenvalue weighted by Crippen LogP contribution is -2.25. The molecular weight excluding hydrogens is 269 g/mol. The smallest absolute Gasteiger partial charge is 0.365 e. The van der Waals surface area contributed by atoms with Crippen molar-refractivity contribution in [3.8, 4) is 0 Å². The Morgan fingerprint density at radius 3 is 2.40 bits per heavy atom. The second kappa shape index (κ2) is 6.88. The normalized spacial score (nSPS) is 13.8. The Hall–Kier alpha value is -2.11. The number of alkyl halides is 3. The van der Waals surface area contributed by atoms with Gasteiger partial charge in [0, 0.05) is 12.8 Å². The highest BCUT2D eigenvalue weighted by Gasteiger charge is 2.28. The van der Waals surface area contributed by atoms with Crippen molar-refractivity contribution in [2.75, 3.05) is 0 Å². The van der Waals surface area contributed by atoms with Crippen LogP contribution in [0.4, 0.5) is 13.2 Å². The number of nitrogens with zero attached hydrogens (tertiary/aromatic N) is 1. The number of carbonyl (C=O) groups excluding carboxylic acids is 1. The number of nitrogens with two attached hydrogens (primary N) is 1. The Kier molecular flexibility index (Phi) is 5.49. The van der Waals surface area contributed by atoms with E-state index in [1.807, 2.05) is 0 Å². The summed E-state index contributed by atoms with van der Waals surface area (Å²) in [6, 6.07) is 8.23. The average molecular weight is 284 g/mol. The molecule has 0 spiro atoms. The van der Waals surface area contributed by atoms with Crippen molar-refractivity contribution in [2.45, 2.75) is 25.1 Å². The third-order valence-electron chi connectivity index (χ3n) is 2.59. The van der Waals surface area contributed by atoms with Crippen molar-refractivity contribution in [1.82, 2.24) is 0 Å². The Balaban J connectivity index is 2.94. The maximum absolute atomic E-state index is 12.2. The zero-order valence-corrected chi connectivity index (χ0v) is 10.7. The molecule has 3 nitrogen and oxygen atoms in total. The van der Waals surface area contributed by atoms with Gasteiger partial charge in [-0.05, 0) is 5.56 Å². The number of carbonyl (C=O) groups is 1. The molecule has 0 fully saturated rings. The summed E-state index contributed by atoms with van der Waals surface area (Å²) in [6.07, 6.45) is -4.57. The monoisotopic (exact) mass is 284 g/mol. The number of benzene rings is 1. The van der Waals surface area contributed by atoms with Gasteiger partial charge in [-0.3, -0.25) is 9.79 Å². The van der Waals surface area contributed by atoms with Crippen LogP contribution in [0.3, 0.4) is 0 Å². The van der Waals surface area contributed by atoms with E-state index in [1.54, 1.807) is 30.3 Å². The van der Waals surface area contributed by atoms with Crippen molar-refractivity contribution in [1.29, 1.82) is 0 Å². The van der Waals surface area contributed by atoms with Gasteiger partial charge in [-0.1, -0.05) is 36.4 Å². The fourth-order valence-electron chi connectivity index (χ4n) is 1.59. The quantitative estimate of drug-likeness (QED) is 0.633. The van der Waals surface area contributed by atoms with Crippen molar-refractivity contribution >= 4 is 11.6 Å². The second-order valence-electron chi connectivity index (χ2n) is 4.15. The van der Waals surface area contributed by atoms with Gasteiger partial charge in [0.25, 0.3) is 5.91 Å². The van der Waals surface area contributed by atoms with Crippen LogP contribution in [0.25, 0.3) is 0 Å². The molecule has 0 aliphatic rings. The first kappa shape index (κ1) is 15.9. The number of amides is 1. The molecule has 108 valence electrons. The molecule has 0 heterocycles. The highest BCUT2D eigenvalue weighted by molar-refractivity contribution is 6.38. The van der Waals surface area contributed by atoms with Gasteiger partial charge in [0.05, 0.1) is 6.04 Å². The lowest BCUT2D eigenvalue weighted by atomic mass is 10.1. The maximum Gasteiger partial charge on any atom is 0.389 e. The summed E-state index contributed by atoms with van der Waals surface area (Å²) in [5, 5.41) is 0. The molecule has 1 rings (SSSR count). The fourth-order valence-corrected chi connectivity index (χ4v) is 1.59. The Bertz CT molecular complexity index is 495. The number of hydrogen-bond acceptors (Lipinski definition) is 2. The molecule has 0 aromatic heterocycles. The van der Waals surface area contributed by atoms with Gasteiger partial charge in [0.1, 0.15) is 5.71 Å². The number of rotatable bonds is 6. The van der Waals surface area contributed by atoms with Crippen molar-refractivity contribution in [2.24, 2.45) is 10.7 Å². The lowest BCUT2D eigenvalue weighted by molar-refractivity contribution is -0.133. The van der Waals surface area contributed by atoms with Crippen molar-refractivity contribution < 1.29 is 18.0 Å². The molecule has 1 aromatic rings. The highest BCUT2D eigenvalue weighted by Crippen LogP contribution is 2.23. The van der Waals surface area contributed by atoms with E-state index in [0.29, 0.717) is 0 Å². The summed E-state index contributed by atoms with van der Waals surface area (Å²) >= 11 is 0. The van der Waals surface area contributed by atoms with E-state index in [9.17, 15) is 18.0 Å². The van der Waals surface area contributed by atoms with Crippen LogP contribution in [-0.4, -0.2) is 17.8 Å². The third-order valence-corrected chi connectivity index (χ3v) is 2.59. The Morgan fingerprint density at radius 2 is 1.95 bits per heavy atom. The topological polar surface area (TPSA) is 55.4 Å². The molecule has 1 amide bonds. The third kappa shape index (κ3) is 5.26. The van der Waals surface area contributed by atoms with Gasteiger partial charge >= 0.3 is 6.18 Å². The molecule has 1 atom stereocenters. The van der Waals surface area contributed by atoms with E-state index < -0.39 is 31.0 Å². The van der Waals surface area contributed by atoms with Gasteiger partial charge in [-0.2, -0.15) is 13.2 Å². The Morgan fingerprint density at radius 1 is 1.35 bits per heavy atom. The molecule has 0 saturated heterocycles. The maximum atomic E-state index is 12.2. The summed E-state index contributed by atoms with van der Waals surface area (Å²) in [5.41, 5.74) is 5.52. The van der Waals surface area contributed by atoms with Crippen LogP contribution in [0.2, 0.25) is 0 Å². The average Bonchev–Trinajstić information content (AvgIpc) is 2.38.